The van der Waals surface area contributed by atoms with Gasteiger partial charge in [-0.2, -0.15) is 0 Å². The minimum absolute atomic E-state index is 0.516. The van der Waals surface area contributed by atoms with Crippen molar-refractivity contribution in [3.05, 3.63) is 28.8 Å². The number of aliphatic hydroxyl groups is 1. The maximum atomic E-state index is 9.55. The summed E-state index contributed by atoms with van der Waals surface area (Å²) < 4.78 is 10.2. The molecule has 1 atom stereocenters. The number of methoxy groups -OCH3 is 2. The zero-order chi connectivity index (χ0) is 14.3. The van der Waals surface area contributed by atoms with Crippen LogP contribution in [0.4, 0.5) is 5.69 Å². The third-order valence-electron chi connectivity index (χ3n) is 2.93. The summed E-state index contributed by atoms with van der Waals surface area (Å²) in [5.41, 5.74) is 1.74. The Morgan fingerprint density at radius 2 is 1.79 bits per heavy atom. The summed E-state index contributed by atoms with van der Waals surface area (Å²) in [4.78, 5) is 2.11. The number of rotatable bonds is 8. The molecule has 0 saturated heterocycles. The molecular formula is C14H22ClNO3. The predicted molar refractivity (Wildman–Crippen MR) is 78.1 cm³/mol. The van der Waals surface area contributed by atoms with Crippen molar-refractivity contribution in [3.8, 4) is 0 Å². The number of benzene rings is 1. The quantitative estimate of drug-likeness (QED) is 0.798. The molecule has 0 bridgehead atoms. The topological polar surface area (TPSA) is 41.9 Å². The number of ether oxygens (including phenoxy) is 2. The summed E-state index contributed by atoms with van der Waals surface area (Å²) >= 11 is 6.29. The van der Waals surface area contributed by atoms with Gasteiger partial charge < -0.3 is 19.5 Å². The van der Waals surface area contributed by atoms with Gasteiger partial charge in [0, 0.05) is 27.3 Å². The Balaban J connectivity index is 2.87. The zero-order valence-electron chi connectivity index (χ0n) is 11.7. The van der Waals surface area contributed by atoms with Gasteiger partial charge >= 0.3 is 0 Å². The van der Waals surface area contributed by atoms with E-state index in [-0.39, 0.29) is 0 Å². The number of hydrogen-bond acceptors (Lipinski definition) is 4. The molecule has 0 aliphatic heterocycles. The van der Waals surface area contributed by atoms with Crippen LogP contribution in [-0.4, -0.2) is 45.6 Å². The number of aliphatic hydroxyl groups excluding tert-OH is 1. The second-order valence-electron chi connectivity index (χ2n) is 4.36. The Labute approximate surface area is 119 Å². The molecular weight excluding hydrogens is 266 g/mol. The van der Waals surface area contributed by atoms with Crippen molar-refractivity contribution in [1.82, 2.24) is 0 Å². The van der Waals surface area contributed by atoms with E-state index in [0.717, 1.165) is 24.3 Å². The van der Waals surface area contributed by atoms with Gasteiger partial charge in [-0.05, 0) is 24.6 Å². The van der Waals surface area contributed by atoms with Crippen molar-refractivity contribution >= 4 is 17.3 Å². The molecule has 0 saturated carbocycles. The highest BCUT2D eigenvalue weighted by Crippen LogP contribution is 2.28. The number of halogens is 1. The summed E-state index contributed by atoms with van der Waals surface area (Å²) in [5, 5.41) is 10.2. The molecule has 0 heterocycles. The van der Waals surface area contributed by atoms with E-state index in [2.05, 4.69) is 4.90 Å². The lowest BCUT2D eigenvalue weighted by Crippen LogP contribution is -2.30. The molecule has 0 unspecified atom stereocenters. The van der Waals surface area contributed by atoms with Gasteiger partial charge in [-0.15, -0.1) is 0 Å². The Hall–Kier alpha value is -0.810. The van der Waals surface area contributed by atoms with E-state index in [0.29, 0.717) is 18.2 Å². The smallest absolute Gasteiger partial charge is 0.0762 e. The van der Waals surface area contributed by atoms with Crippen LogP contribution < -0.4 is 4.90 Å². The molecule has 0 aliphatic carbocycles. The molecule has 19 heavy (non-hydrogen) atoms. The van der Waals surface area contributed by atoms with Crippen molar-refractivity contribution in [2.45, 2.75) is 13.0 Å². The first-order valence-corrected chi connectivity index (χ1v) is 6.68. The maximum Gasteiger partial charge on any atom is 0.0762 e. The van der Waals surface area contributed by atoms with Crippen molar-refractivity contribution in [2.24, 2.45) is 0 Å². The van der Waals surface area contributed by atoms with Crippen LogP contribution in [0, 0.1) is 0 Å². The highest BCUT2D eigenvalue weighted by molar-refractivity contribution is 6.33. The molecule has 5 heteroatoms. The monoisotopic (exact) mass is 287 g/mol. The molecule has 0 fully saturated rings. The Morgan fingerprint density at radius 3 is 2.21 bits per heavy atom. The molecule has 108 valence electrons. The SMILES string of the molecule is COCCN(CCOC)c1ccc([C@H](C)O)cc1Cl. The molecule has 4 nitrogen and oxygen atoms in total. The number of hydrogen-bond donors (Lipinski definition) is 1. The van der Waals surface area contributed by atoms with Crippen molar-refractivity contribution in [2.75, 3.05) is 45.4 Å². The van der Waals surface area contributed by atoms with Gasteiger partial charge in [-0.1, -0.05) is 17.7 Å². The summed E-state index contributed by atoms with van der Waals surface area (Å²) in [6.45, 7) is 4.45. The van der Waals surface area contributed by atoms with E-state index < -0.39 is 6.10 Å². The lowest BCUT2D eigenvalue weighted by molar-refractivity contribution is 0.190. The average Bonchev–Trinajstić information content (AvgIpc) is 2.39. The normalized spacial score (nSPS) is 12.5. The third-order valence-corrected chi connectivity index (χ3v) is 3.23. The first-order chi connectivity index (χ1) is 9.10. The maximum absolute atomic E-state index is 9.55. The predicted octanol–water partition coefficient (Wildman–Crippen LogP) is 2.49. The minimum atomic E-state index is -0.516. The average molecular weight is 288 g/mol. The van der Waals surface area contributed by atoms with Crippen LogP contribution >= 0.6 is 11.6 Å². The number of nitrogens with zero attached hydrogens (tertiary/aromatic N) is 1. The van der Waals surface area contributed by atoms with Crippen LogP contribution in [0.25, 0.3) is 0 Å². The van der Waals surface area contributed by atoms with Crippen LogP contribution in [-0.2, 0) is 9.47 Å². The second-order valence-corrected chi connectivity index (χ2v) is 4.77. The van der Waals surface area contributed by atoms with Crippen LogP contribution in [0.5, 0.6) is 0 Å². The summed E-state index contributed by atoms with van der Waals surface area (Å²) in [5.74, 6) is 0. The summed E-state index contributed by atoms with van der Waals surface area (Å²) in [6.07, 6.45) is -0.516. The highest BCUT2D eigenvalue weighted by atomic mass is 35.5. The van der Waals surface area contributed by atoms with E-state index in [1.54, 1.807) is 27.2 Å². The molecule has 1 aromatic rings. The number of anilines is 1. The Kier molecular flexibility index (Phi) is 7.16. The zero-order valence-corrected chi connectivity index (χ0v) is 12.5. The van der Waals surface area contributed by atoms with Crippen molar-refractivity contribution in [3.63, 3.8) is 0 Å². The van der Waals surface area contributed by atoms with Gasteiger partial charge in [-0.3, -0.25) is 0 Å². The molecule has 0 radical (unpaired) electrons. The molecule has 0 aliphatic rings. The first-order valence-electron chi connectivity index (χ1n) is 6.30. The van der Waals surface area contributed by atoms with Gasteiger partial charge in [0.2, 0.25) is 0 Å². The lowest BCUT2D eigenvalue weighted by atomic mass is 10.1. The fraction of sp³-hybridized carbons (Fsp3) is 0.571. The molecule has 1 rings (SSSR count). The standard InChI is InChI=1S/C14H22ClNO3/c1-11(17)12-4-5-14(13(15)10-12)16(6-8-18-2)7-9-19-3/h4-5,10-11,17H,6-9H2,1-3H3/t11-/m0/s1. The minimum Gasteiger partial charge on any atom is -0.389 e. The van der Waals surface area contributed by atoms with Gasteiger partial charge in [-0.25, -0.2) is 0 Å². The van der Waals surface area contributed by atoms with Crippen LogP contribution in [0.1, 0.15) is 18.6 Å². The van der Waals surface area contributed by atoms with E-state index in [1.165, 1.54) is 0 Å². The fourth-order valence-corrected chi connectivity index (χ4v) is 2.10. The highest BCUT2D eigenvalue weighted by Gasteiger charge is 2.12. The Morgan fingerprint density at radius 1 is 1.21 bits per heavy atom. The molecule has 0 spiro atoms. The molecule has 1 N–H and O–H groups in total. The molecule has 0 aromatic heterocycles. The second kappa shape index (κ2) is 8.38. The van der Waals surface area contributed by atoms with Crippen LogP contribution in [0.2, 0.25) is 5.02 Å². The van der Waals surface area contributed by atoms with Gasteiger partial charge in [0.1, 0.15) is 0 Å². The fourth-order valence-electron chi connectivity index (χ4n) is 1.80. The molecule has 1 aromatic carbocycles. The van der Waals surface area contributed by atoms with Gasteiger partial charge in [0.15, 0.2) is 0 Å². The summed E-state index contributed by atoms with van der Waals surface area (Å²) in [6, 6.07) is 5.61. The van der Waals surface area contributed by atoms with Crippen LogP contribution in [0.15, 0.2) is 18.2 Å². The molecule has 0 amide bonds. The van der Waals surface area contributed by atoms with Crippen LogP contribution in [0.3, 0.4) is 0 Å². The van der Waals surface area contributed by atoms with E-state index >= 15 is 0 Å². The lowest BCUT2D eigenvalue weighted by Gasteiger charge is -2.25. The van der Waals surface area contributed by atoms with E-state index in [1.807, 2.05) is 12.1 Å². The third kappa shape index (κ3) is 4.99. The van der Waals surface area contributed by atoms with Crippen molar-refractivity contribution in [1.29, 1.82) is 0 Å². The summed E-state index contributed by atoms with van der Waals surface area (Å²) in [7, 11) is 3.35. The van der Waals surface area contributed by atoms with Gasteiger partial charge in [0.05, 0.1) is 30.0 Å². The van der Waals surface area contributed by atoms with Crippen molar-refractivity contribution < 1.29 is 14.6 Å². The first kappa shape index (κ1) is 16.2. The van der Waals surface area contributed by atoms with Gasteiger partial charge in [0.25, 0.3) is 0 Å². The van der Waals surface area contributed by atoms with E-state index in [4.69, 9.17) is 21.1 Å². The van der Waals surface area contributed by atoms with E-state index in [9.17, 15) is 5.11 Å². The largest absolute Gasteiger partial charge is 0.389 e. The Bertz CT molecular complexity index is 377.